The molecular weight excluding hydrogens is 354 g/mol. The highest BCUT2D eigenvalue weighted by Gasteiger charge is 2.35. The van der Waals surface area contributed by atoms with Crippen LogP contribution in [0.2, 0.25) is 0 Å². The number of H-pyrrole nitrogens is 1. The Bertz CT molecular complexity index is 1020. The maximum atomic E-state index is 12.5. The fourth-order valence-corrected chi connectivity index (χ4v) is 3.95. The smallest absolute Gasteiger partial charge is 0.260 e. The highest BCUT2D eigenvalue weighted by atomic mass is 16.5. The van der Waals surface area contributed by atoms with Gasteiger partial charge in [0.2, 0.25) is 0 Å². The van der Waals surface area contributed by atoms with Gasteiger partial charge in [0.05, 0.1) is 17.0 Å². The molecule has 1 aromatic heterocycles. The van der Waals surface area contributed by atoms with E-state index in [0.717, 1.165) is 34.6 Å². The molecule has 0 unspecified atom stereocenters. The summed E-state index contributed by atoms with van der Waals surface area (Å²) in [4.78, 5) is 22.3. The number of carbonyl (C=O) groups excluding carboxylic acids is 1. The van der Waals surface area contributed by atoms with Crippen molar-refractivity contribution < 1.29 is 14.3 Å². The molecule has 6 heteroatoms. The molecule has 2 aliphatic rings. The Morgan fingerprint density at radius 2 is 2.07 bits per heavy atom. The van der Waals surface area contributed by atoms with Crippen molar-refractivity contribution in [2.75, 3.05) is 19.7 Å². The zero-order chi connectivity index (χ0) is 19.3. The second-order valence-corrected chi connectivity index (χ2v) is 8.21. The average Bonchev–Trinajstić information content (AvgIpc) is 3.17. The van der Waals surface area contributed by atoms with E-state index in [9.17, 15) is 4.79 Å². The van der Waals surface area contributed by atoms with Crippen LogP contribution in [0.4, 0.5) is 0 Å². The quantitative estimate of drug-likeness (QED) is 0.758. The van der Waals surface area contributed by atoms with Crippen molar-refractivity contribution in [3.63, 3.8) is 0 Å². The number of para-hydroxylation sites is 3. The molecule has 0 saturated carbocycles. The van der Waals surface area contributed by atoms with Crippen LogP contribution in [0.3, 0.4) is 0 Å². The number of benzene rings is 2. The van der Waals surface area contributed by atoms with Gasteiger partial charge in [0.15, 0.2) is 18.1 Å². The molecule has 0 spiro atoms. The van der Waals surface area contributed by atoms with Crippen LogP contribution in [0.15, 0.2) is 42.5 Å². The minimum absolute atomic E-state index is 0.0118. The molecule has 1 N–H and O–H groups in total. The van der Waals surface area contributed by atoms with E-state index in [-0.39, 0.29) is 24.0 Å². The van der Waals surface area contributed by atoms with Crippen molar-refractivity contribution in [3.05, 3.63) is 53.9 Å². The third-order valence-electron chi connectivity index (χ3n) is 5.43. The van der Waals surface area contributed by atoms with E-state index in [1.165, 1.54) is 0 Å². The Hall–Kier alpha value is -3.02. The number of rotatable bonds is 4. The Morgan fingerprint density at radius 1 is 1.25 bits per heavy atom. The van der Waals surface area contributed by atoms with Crippen molar-refractivity contribution >= 4 is 16.9 Å². The number of nitrogens with zero attached hydrogens (tertiary/aromatic N) is 2. The van der Waals surface area contributed by atoms with Gasteiger partial charge in [-0.05, 0) is 32.0 Å². The van der Waals surface area contributed by atoms with Gasteiger partial charge in [-0.25, -0.2) is 4.98 Å². The van der Waals surface area contributed by atoms with Crippen molar-refractivity contribution in [1.29, 1.82) is 0 Å². The predicted molar refractivity (Wildman–Crippen MR) is 106 cm³/mol. The largest absolute Gasteiger partial charge is 0.483 e. The lowest BCUT2D eigenvalue weighted by molar-refractivity contribution is -0.137. The number of carbonyl (C=O) groups is 1. The molecule has 1 saturated heterocycles. The lowest BCUT2D eigenvalue weighted by atomic mass is 9.99. The molecule has 3 heterocycles. The summed E-state index contributed by atoms with van der Waals surface area (Å²) in [5.74, 6) is 2.60. The van der Waals surface area contributed by atoms with Crippen LogP contribution in [0.1, 0.15) is 31.2 Å². The number of fused-ring (bicyclic) bond motifs is 2. The molecular formula is C22H23N3O3. The first kappa shape index (κ1) is 17.1. The topological polar surface area (TPSA) is 67.5 Å². The highest BCUT2D eigenvalue weighted by Crippen LogP contribution is 2.41. The summed E-state index contributed by atoms with van der Waals surface area (Å²) in [5, 5.41) is 0. The van der Waals surface area contributed by atoms with Gasteiger partial charge in [-0.3, -0.25) is 4.79 Å². The monoisotopic (exact) mass is 377 g/mol. The molecule has 0 atom stereocenters. The van der Waals surface area contributed by atoms with Gasteiger partial charge in [0, 0.05) is 25.1 Å². The molecule has 5 rings (SSSR count). The number of nitrogens with one attached hydrogen (secondary N) is 1. The van der Waals surface area contributed by atoms with Gasteiger partial charge in [-0.1, -0.05) is 24.3 Å². The van der Waals surface area contributed by atoms with Crippen LogP contribution < -0.4 is 9.47 Å². The van der Waals surface area contributed by atoms with E-state index in [0.29, 0.717) is 18.8 Å². The SMILES string of the molecule is CC1(C)Cc2cccc(OCC(=O)N3CC(c4nc5ccccc5[nH]4)C3)c2O1. The van der Waals surface area contributed by atoms with Gasteiger partial charge in [0.25, 0.3) is 5.91 Å². The predicted octanol–water partition coefficient (Wildman–Crippen LogP) is 3.28. The molecule has 0 bridgehead atoms. The molecule has 6 nitrogen and oxygen atoms in total. The Kier molecular flexibility index (Phi) is 3.82. The number of likely N-dealkylation sites (tertiary alicyclic amines) is 1. The van der Waals surface area contributed by atoms with Crippen molar-refractivity contribution in [1.82, 2.24) is 14.9 Å². The first-order valence-corrected chi connectivity index (χ1v) is 9.65. The number of aromatic amines is 1. The van der Waals surface area contributed by atoms with E-state index in [2.05, 4.69) is 23.8 Å². The molecule has 0 radical (unpaired) electrons. The third kappa shape index (κ3) is 2.99. The summed E-state index contributed by atoms with van der Waals surface area (Å²) < 4.78 is 11.8. The summed E-state index contributed by atoms with van der Waals surface area (Å²) in [6, 6.07) is 13.8. The summed E-state index contributed by atoms with van der Waals surface area (Å²) >= 11 is 0. The second-order valence-electron chi connectivity index (χ2n) is 8.21. The van der Waals surface area contributed by atoms with Crippen LogP contribution in [0.25, 0.3) is 11.0 Å². The van der Waals surface area contributed by atoms with Crippen molar-refractivity contribution in [3.8, 4) is 11.5 Å². The first-order valence-electron chi connectivity index (χ1n) is 9.65. The summed E-state index contributed by atoms with van der Waals surface area (Å²) in [7, 11) is 0. The van der Waals surface area contributed by atoms with Crippen LogP contribution in [-0.2, 0) is 11.2 Å². The number of imidazole rings is 1. The zero-order valence-corrected chi connectivity index (χ0v) is 16.1. The van der Waals surface area contributed by atoms with E-state index in [4.69, 9.17) is 9.47 Å². The van der Waals surface area contributed by atoms with Crippen molar-refractivity contribution in [2.45, 2.75) is 31.8 Å². The van der Waals surface area contributed by atoms with E-state index in [1.807, 2.05) is 47.4 Å². The van der Waals surface area contributed by atoms with Gasteiger partial charge < -0.3 is 19.4 Å². The lowest BCUT2D eigenvalue weighted by Gasteiger charge is -2.38. The van der Waals surface area contributed by atoms with Gasteiger partial charge in [0.1, 0.15) is 11.4 Å². The summed E-state index contributed by atoms with van der Waals surface area (Å²) in [6.45, 7) is 5.46. The van der Waals surface area contributed by atoms with Gasteiger partial charge in [-0.15, -0.1) is 0 Å². The first-order chi connectivity index (χ1) is 13.5. The summed E-state index contributed by atoms with van der Waals surface area (Å²) in [6.07, 6.45) is 0.846. The van der Waals surface area contributed by atoms with Gasteiger partial charge >= 0.3 is 0 Å². The molecule has 1 amide bonds. The Balaban J connectivity index is 1.19. The Labute approximate surface area is 163 Å². The van der Waals surface area contributed by atoms with E-state index >= 15 is 0 Å². The van der Waals surface area contributed by atoms with Crippen LogP contribution in [0.5, 0.6) is 11.5 Å². The highest BCUT2D eigenvalue weighted by molar-refractivity contribution is 5.79. The standard InChI is InChI=1S/C22H23N3O3/c1-22(2)10-14-6-5-9-18(20(14)28-22)27-13-19(26)25-11-15(12-25)21-23-16-7-3-4-8-17(16)24-21/h3-9,15H,10-13H2,1-2H3,(H,23,24). The number of hydrogen-bond acceptors (Lipinski definition) is 4. The molecule has 0 aliphatic carbocycles. The summed E-state index contributed by atoms with van der Waals surface area (Å²) in [5.41, 5.74) is 2.89. The minimum atomic E-state index is -0.233. The fourth-order valence-electron chi connectivity index (χ4n) is 3.95. The van der Waals surface area contributed by atoms with Gasteiger partial charge in [-0.2, -0.15) is 0 Å². The average molecular weight is 377 g/mol. The van der Waals surface area contributed by atoms with Crippen LogP contribution >= 0.6 is 0 Å². The molecule has 2 aliphatic heterocycles. The fraction of sp³-hybridized carbons (Fsp3) is 0.364. The molecule has 2 aromatic carbocycles. The normalized spacial score (nSPS) is 17.9. The molecule has 28 heavy (non-hydrogen) atoms. The molecule has 3 aromatic rings. The maximum absolute atomic E-state index is 12.5. The second kappa shape index (κ2) is 6.26. The maximum Gasteiger partial charge on any atom is 0.260 e. The minimum Gasteiger partial charge on any atom is -0.483 e. The number of aromatic nitrogens is 2. The number of ether oxygens (including phenoxy) is 2. The number of amides is 1. The van der Waals surface area contributed by atoms with Crippen LogP contribution in [-0.4, -0.2) is 46.1 Å². The Morgan fingerprint density at radius 3 is 2.89 bits per heavy atom. The molecule has 1 fully saturated rings. The van der Waals surface area contributed by atoms with Crippen molar-refractivity contribution in [2.24, 2.45) is 0 Å². The molecule has 144 valence electrons. The third-order valence-corrected chi connectivity index (χ3v) is 5.43. The van der Waals surface area contributed by atoms with E-state index in [1.54, 1.807) is 0 Å². The van der Waals surface area contributed by atoms with E-state index < -0.39 is 0 Å². The van der Waals surface area contributed by atoms with Crippen LogP contribution in [0, 0.1) is 0 Å². The number of hydrogen-bond donors (Lipinski definition) is 1. The zero-order valence-electron chi connectivity index (χ0n) is 16.1. The lowest BCUT2D eigenvalue weighted by Crippen LogP contribution is -2.50.